The van der Waals surface area contributed by atoms with Crippen LogP contribution in [0.5, 0.6) is 11.6 Å². The Hall–Kier alpha value is -4.08. The minimum absolute atomic E-state index is 0.192. The summed E-state index contributed by atoms with van der Waals surface area (Å²) < 4.78 is 38.8. The molecule has 1 aromatic heterocycles. The number of aryl methyl sites for hydroxylation is 1. The predicted molar refractivity (Wildman–Crippen MR) is 118 cm³/mol. The van der Waals surface area contributed by atoms with E-state index in [1.807, 2.05) is 0 Å². The standard InChI is InChI=1S/C24H23F2N3O5/c1-13(15-8-10-16(11-9-15)24(32)33-4)27-22(31)19-20(21(25)26)28-29(3)23(19)34-18-7-5-6-17(12-18)14(2)30/h5-13,21H,1-4H3,(H,27,31). The number of halogens is 2. The minimum atomic E-state index is -3.03. The number of nitrogens with one attached hydrogen (secondary N) is 1. The maximum atomic E-state index is 13.7. The molecule has 0 saturated heterocycles. The fraction of sp³-hybridized carbons (Fsp3) is 0.250. The fourth-order valence-electron chi connectivity index (χ4n) is 3.28. The van der Waals surface area contributed by atoms with Crippen LogP contribution in [0.25, 0.3) is 0 Å². The molecule has 10 heteroatoms. The maximum absolute atomic E-state index is 13.7. The average molecular weight is 471 g/mol. The van der Waals surface area contributed by atoms with E-state index in [-0.39, 0.29) is 17.4 Å². The van der Waals surface area contributed by atoms with Crippen molar-refractivity contribution in [1.29, 1.82) is 0 Å². The molecule has 178 valence electrons. The summed E-state index contributed by atoms with van der Waals surface area (Å²) in [4.78, 5) is 36.3. The van der Waals surface area contributed by atoms with Crippen LogP contribution in [0.2, 0.25) is 0 Å². The van der Waals surface area contributed by atoms with E-state index in [0.717, 1.165) is 4.68 Å². The molecule has 0 bridgehead atoms. The molecule has 0 radical (unpaired) electrons. The topological polar surface area (TPSA) is 99.5 Å². The third-order valence-corrected chi connectivity index (χ3v) is 5.09. The van der Waals surface area contributed by atoms with E-state index in [0.29, 0.717) is 16.7 Å². The van der Waals surface area contributed by atoms with Crippen LogP contribution < -0.4 is 10.1 Å². The van der Waals surface area contributed by atoms with Gasteiger partial charge >= 0.3 is 5.97 Å². The molecular formula is C24H23F2N3O5. The second-order valence-electron chi connectivity index (χ2n) is 7.48. The molecule has 1 atom stereocenters. The van der Waals surface area contributed by atoms with Gasteiger partial charge in [0, 0.05) is 12.6 Å². The summed E-state index contributed by atoms with van der Waals surface area (Å²) >= 11 is 0. The zero-order chi connectivity index (χ0) is 25.0. The fourth-order valence-corrected chi connectivity index (χ4v) is 3.28. The number of hydrogen-bond donors (Lipinski definition) is 1. The van der Waals surface area contributed by atoms with Gasteiger partial charge in [-0.15, -0.1) is 0 Å². The SMILES string of the molecule is COC(=O)c1ccc(C(C)NC(=O)c2c(C(F)F)nn(C)c2Oc2cccc(C(C)=O)c2)cc1. The summed E-state index contributed by atoms with van der Waals surface area (Å²) in [5, 5.41) is 6.43. The molecule has 1 N–H and O–H groups in total. The Morgan fingerprint density at radius 3 is 2.32 bits per heavy atom. The van der Waals surface area contributed by atoms with E-state index in [4.69, 9.17) is 4.74 Å². The summed E-state index contributed by atoms with van der Waals surface area (Å²) in [6, 6.07) is 11.9. The number of Topliss-reactive ketones (excluding diaryl/α,β-unsaturated/α-hetero) is 1. The van der Waals surface area contributed by atoms with E-state index < -0.39 is 35.6 Å². The number of aromatic nitrogens is 2. The van der Waals surface area contributed by atoms with E-state index >= 15 is 0 Å². The molecule has 1 unspecified atom stereocenters. The van der Waals surface area contributed by atoms with Crippen molar-refractivity contribution in [3.05, 3.63) is 76.5 Å². The highest BCUT2D eigenvalue weighted by molar-refractivity contribution is 5.98. The number of ether oxygens (including phenoxy) is 2. The van der Waals surface area contributed by atoms with Gasteiger partial charge in [0.25, 0.3) is 12.3 Å². The van der Waals surface area contributed by atoms with Gasteiger partial charge in [-0.3, -0.25) is 9.59 Å². The summed E-state index contributed by atoms with van der Waals surface area (Å²) in [7, 11) is 2.64. The van der Waals surface area contributed by atoms with Crippen molar-refractivity contribution in [3.8, 4) is 11.6 Å². The molecule has 0 aliphatic rings. The van der Waals surface area contributed by atoms with Gasteiger partial charge in [0.2, 0.25) is 5.88 Å². The number of amides is 1. The van der Waals surface area contributed by atoms with Gasteiger partial charge in [0.05, 0.1) is 18.7 Å². The maximum Gasteiger partial charge on any atom is 0.337 e. The smallest absolute Gasteiger partial charge is 0.337 e. The number of methoxy groups -OCH3 is 1. The van der Waals surface area contributed by atoms with Crippen molar-refractivity contribution in [2.45, 2.75) is 26.3 Å². The second-order valence-corrected chi connectivity index (χ2v) is 7.48. The molecule has 3 rings (SSSR count). The quantitative estimate of drug-likeness (QED) is 0.380. The largest absolute Gasteiger partial charge is 0.465 e. The van der Waals surface area contributed by atoms with Gasteiger partial charge in [-0.25, -0.2) is 18.3 Å². The monoisotopic (exact) mass is 471 g/mol. The van der Waals surface area contributed by atoms with Crippen molar-refractivity contribution >= 4 is 17.7 Å². The Labute approximate surface area is 194 Å². The lowest BCUT2D eigenvalue weighted by Gasteiger charge is -2.16. The number of nitrogens with zero attached hydrogens (tertiary/aromatic N) is 2. The van der Waals surface area contributed by atoms with E-state index in [2.05, 4.69) is 15.2 Å². The van der Waals surface area contributed by atoms with Crippen LogP contribution in [0, 0.1) is 0 Å². The van der Waals surface area contributed by atoms with E-state index in [1.54, 1.807) is 31.2 Å². The highest BCUT2D eigenvalue weighted by atomic mass is 19.3. The summed E-state index contributed by atoms with van der Waals surface area (Å²) in [5.74, 6) is -1.52. The van der Waals surface area contributed by atoms with Crippen LogP contribution in [-0.2, 0) is 11.8 Å². The first-order valence-corrected chi connectivity index (χ1v) is 10.2. The third kappa shape index (κ3) is 5.28. The molecular weight excluding hydrogens is 448 g/mol. The second kappa shape index (κ2) is 10.2. The highest BCUT2D eigenvalue weighted by Crippen LogP contribution is 2.33. The molecule has 0 aliphatic carbocycles. The Balaban J connectivity index is 1.90. The molecule has 2 aromatic carbocycles. The zero-order valence-electron chi connectivity index (χ0n) is 19.0. The van der Waals surface area contributed by atoms with E-state index in [9.17, 15) is 23.2 Å². The summed E-state index contributed by atoms with van der Waals surface area (Å²) in [6.45, 7) is 3.05. The normalized spacial score (nSPS) is 11.7. The number of esters is 1. The van der Waals surface area contributed by atoms with Crippen LogP contribution in [0.3, 0.4) is 0 Å². The molecule has 0 saturated carbocycles. The van der Waals surface area contributed by atoms with Crippen LogP contribution >= 0.6 is 0 Å². The first kappa shape index (κ1) is 24.6. The Morgan fingerprint density at radius 1 is 1.06 bits per heavy atom. The molecule has 34 heavy (non-hydrogen) atoms. The molecule has 1 amide bonds. The number of carbonyl (C=O) groups is 3. The van der Waals surface area contributed by atoms with Crippen molar-refractivity contribution in [2.24, 2.45) is 7.05 Å². The summed E-state index contributed by atoms with van der Waals surface area (Å²) in [6.07, 6.45) is -3.03. The van der Waals surface area contributed by atoms with Gasteiger partial charge in [-0.2, -0.15) is 5.10 Å². The molecule has 3 aromatic rings. The minimum Gasteiger partial charge on any atom is -0.465 e. The molecule has 0 spiro atoms. The third-order valence-electron chi connectivity index (χ3n) is 5.09. The summed E-state index contributed by atoms with van der Waals surface area (Å²) in [5.41, 5.74) is 0.194. The Bertz CT molecular complexity index is 1220. The predicted octanol–water partition coefficient (Wildman–Crippen LogP) is 4.63. The highest BCUT2D eigenvalue weighted by Gasteiger charge is 2.30. The number of hydrogen-bond acceptors (Lipinski definition) is 6. The lowest BCUT2D eigenvalue weighted by atomic mass is 10.1. The average Bonchev–Trinajstić information content (AvgIpc) is 3.15. The van der Waals surface area contributed by atoms with Crippen LogP contribution in [-0.4, -0.2) is 34.6 Å². The Morgan fingerprint density at radius 2 is 1.74 bits per heavy atom. The zero-order valence-corrected chi connectivity index (χ0v) is 19.0. The van der Waals surface area contributed by atoms with Gasteiger partial charge in [-0.05, 0) is 43.7 Å². The van der Waals surface area contributed by atoms with Crippen molar-refractivity contribution in [1.82, 2.24) is 15.1 Å². The van der Waals surface area contributed by atoms with Crippen molar-refractivity contribution < 1.29 is 32.6 Å². The van der Waals surface area contributed by atoms with Crippen LogP contribution in [0.1, 0.15) is 68.6 Å². The van der Waals surface area contributed by atoms with E-state index in [1.165, 1.54) is 45.3 Å². The first-order valence-electron chi connectivity index (χ1n) is 10.2. The number of rotatable bonds is 8. The van der Waals surface area contributed by atoms with Crippen LogP contribution in [0.15, 0.2) is 48.5 Å². The number of ketones is 1. The number of benzene rings is 2. The molecule has 0 fully saturated rings. The van der Waals surface area contributed by atoms with Gasteiger partial charge in [0.1, 0.15) is 17.0 Å². The van der Waals surface area contributed by atoms with Crippen molar-refractivity contribution in [3.63, 3.8) is 0 Å². The first-order chi connectivity index (χ1) is 16.1. The molecule has 0 aliphatic heterocycles. The molecule has 1 heterocycles. The van der Waals surface area contributed by atoms with Gasteiger partial charge in [0.15, 0.2) is 5.78 Å². The lowest BCUT2D eigenvalue weighted by Crippen LogP contribution is -2.27. The Kier molecular flexibility index (Phi) is 7.40. The van der Waals surface area contributed by atoms with Gasteiger partial charge < -0.3 is 14.8 Å². The van der Waals surface area contributed by atoms with Gasteiger partial charge in [-0.1, -0.05) is 24.3 Å². The lowest BCUT2D eigenvalue weighted by molar-refractivity contribution is 0.0600. The number of alkyl halides is 2. The molecule has 8 nitrogen and oxygen atoms in total. The van der Waals surface area contributed by atoms with Crippen molar-refractivity contribution in [2.75, 3.05) is 7.11 Å². The number of carbonyl (C=O) groups excluding carboxylic acids is 3. The van der Waals surface area contributed by atoms with Crippen LogP contribution in [0.4, 0.5) is 8.78 Å².